The van der Waals surface area contributed by atoms with Crippen molar-refractivity contribution in [1.82, 2.24) is 5.32 Å². The fraction of sp³-hybridized carbons (Fsp3) is 0.0196. The maximum atomic E-state index is 5.24. The van der Waals surface area contributed by atoms with Gasteiger partial charge in [-0.25, -0.2) is 9.98 Å². The highest BCUT2D eigenvalue weighted by Crippen LogP contribution is 2.41. The molecule has 260 valence electrons. The number of hydrogen-bond acceptors (Lipinski definition) is 4. The first-order valence-corrected chi connectivity index (χ1v) is 19.4. The van der Waals surface area contributed by atoms with Gasteiger partial charge in [-0.2, -0.15) is 0 Å². The topological polar surface area (TPSA) is 36.8 Å². The summed E-state index contributed by atoms with van der Waals surface area (Å²) < 4.78 is 2.46. The first-order chi connectivity index (χ1) is 27.3. The summed E-state index contributed by atoms with van der Waals surface area (Å²) in [4.78, 5) is 10.4. The zero-order valence-corrected chi connectivity index (χ0v) is 30.7. The standard InChI is InChI=1S/C51H35N3S/c1-4-15-34(16-5-1)40-21-10-11-22-41(40)35-27-29-36(30-28-35)42-23-12-13-24-43(42)39-31-32-46-45(33-39)48-44(25-14-26-47(48)55-46)51-53-49(37-17-6-2-7-18-37)52-50(54-51)38-19-8-3-9-20-38/h1-33,49H,(H,52,53,54). The summed E-state index contributed by atoms with van der Waals surface area (Å²) >= 11 is 1.82. The molecule has 4 heteroatoms. The van der Waals surface area contributed by atoms with Crippen LogP contribution in [0.1, 0.15) is 22.9 Å². The van der Waals surface area contributed by atoms with E-state index in [9.17, 15) is 0 Å². The third-order valence-electron chi connectivity index (χ3n) is 10.4. The van der Waals surface area contributed by atoms with E-state index in [1.54, 1.807) is 0 Å². The van der Waals surface area contributed by atoms with Crippen LogP contribution in [0, 0.1) is 0 Å². The van der Waals surface area contributed by atoms with Crippen LogP contribution in [0.5, 0.6) is 0 Å². The molecule has 0 saturated heterocycles. The molecule has 55 heavy (non-hydrogen) atoms. The Morgan fingerprint density at radius 2 is 0.891 bits per heavy atom. The lowest BCUT2D eigenvalue weighted by Crippen LogP contribution is -2.33. The van der Waals surface area contributed by atoms with Crippen molar-refractivity contribution in [3.63, 3.8) is 0 Å². The van der Waals surface area contributed by atoms with Crippen molar-refractivity contribution in [2.45, 2.75) is 6.17 Å². The minimum Gasteiger partial charge on any atom is -0.344 e. The van der Waals surface area contributed by atoms with E-state index in [0.717, 1.165) is 28.4 Å². The van der Waals surface area contributed by atoms with Crippen LogP contribution in [-0.2, 0) is 0 Å². The summed E-state index contributed by atoms with van der Waals surface area (Å²) in [6.45, 7) is 0. The van der Waals surface area contributed by atoms with E-state index in [4.69, 9.17) is 9.98 Å². The number of fused-ring (bicyclic) bond motifs is 3. The Labute approximate surface area is 324 Å². The average Bonchev–Trinajstić information content (AvgIpc) is 3.65. The summed E-state index contributed by atoms with van der Waals surface area (Å²) in [6, 6.07) is 71.2. The lowest BCUT2D eigenvalue weighted by Gasteiger charge is -2.24. The largest absolute Gasteiger partial charge is 0.344 e. The summed E-state index contributed by atoms with van der Waals surface area (Å²) in [5.41, 5.74) is 12.8. The Hall–Kier alpha value is -6.88. The molecule has 0 fully saturated rings. The summed E-state index contributed by atoms with van der Waals surface area (Å²) in [5, 5.41) is 6.00. The molecule has 1 unspecified atom stereocenters. The zero-order valence-electron chi connectivity index (χ0n) is 29.9. The van der Waals surface area contributed by atoms with Gasteiger partial charge in [-0.15, -0.1) is 11.3 Å². The highest BCUT2D eigenvalue weighted by molar-refractivity contribution is 7.25. The average molecular weight is 722 g/mol. The molecule has 1 atom stereocenters. The van der Waals surface area contributed by atoms with E-state index in [0.29, 0.717) is 0 Å². The molecule has 1 N–H and O–H groups in total. The van der Waals surface area contributed by atoms with E-state index < -0.39 is 0 Å². The van der Waals surface area contributed by atoms with Gasteiger partial charge in [0.25, 0.3) is 0 Å². The quantitative estimate of drug-likeness (QED) is 0.175. The van der Waals surface area contributed by atoms with Crippen LogP contribution in [0.25, 0.3) is 64.7 Å². The smallest absolute Gasteiger partial charge is 0.160 e. The SMILES string of the molecule is c1ccc(C2=NC(c3cccc4sc5ccc(-c6ccccc6-c6ccc(-c7ccccc7-c7ccccc7)cc6)cc5c34)=NC(c3ccccc3)N2)cc1. The molecule has 0 radical (unpaired) electrons. The van der Waals surface area contributed by atoms with Crippen molar-refractivity contribution >= 4 is 43.2 Å². The van der Waals surface area contributed by atoms with Crippen molar-refractivity contribution in [3.05, 3.63) is 217 Å². The van der Waals surface area contributed by atoms with Crippen LogP contribution in [0.2, 0.25) is 0 Å². The lowest BCUT2D eigenvalue weighted by atomic mass is 9.91. The number of rotatable bonds is 7. The molecule has 1 aliphatic heterocycles. The third kappa shape index (κ3) is 6.23. The molecule has 3 nitrogen and oxygen atoms in total. The first kappa shape index (κ1) is 32.7. The number of nitrogens with one attached hydrogen (secondary N) is 1. The van der Waals surface area contributed by atoms with Crippen LogP contribution >= 0.6 is 11.3 Å². The fourth-order valence-electron chi connectivity index (χ4n) is 7.72. The fourth-order valence-corrected chi connectivity index (χ4v) is 8.83. The Bertz CT molecular complexity index is 2870. The Kier molecular flexibility index (Phi) is 8.43. The van der Waals surface area contributed by atoms with E-state index >= 15 is 0 Å². The second-order valence-corrected chi connectivity index (χ2v) is 14.8. The highest BCUT2D eigenvalue weighted by Gasteiger charge is 2.23. The van der Waals surface area contributed by atoms with Gasteiger partial charge in [0.1, 0.15) is 12.0 Å². The molecule has 9 aromatic rings. The Morgan fingerprint density at radius 1 is 0.400 bits per heavy atom. The van der Waals surface area contributed by atoms with E-state index in [1.807, 2.05) is 35.6 Å². The second-order valence-electron chi connectivity index (χ2n) is 13.8. The van der Waals surface area contributed by atoms with Gasteiger partial charge in [0.2, 0.25) is 0 Å². The molecule has 0 amide bonds. The molecular formula is C51H35N3S. The molecule has 8 aromatic carbocycles. The zero-order chi connectivity index (χ0) is 36.6. The van der Waals surface area contributed by atoms with Gasteiger partial charge in [-0.05, 0) is 68.3 Å². The summed E-state index contributed by atoms with van der Waals surface area (Å²) in [7, 11) is 0. The molecule has 10 rings (SSSR count). The molecule has 0 bridgehead atoms. The predicted molar refractivity (Wildman–Crippen MR) is 233 cm³/mol. The normalized spacial score (nSPS) is 14.0. The Morgan fingerprint density at radius 3 is 1.51 bits per heavy atom. The van der Waals surface area contributed by atoms with Crippen LogP contribution in [-0.4, -0.2) is 11.7 Å². The molecule has 2 heterocycles. The van der Waals surface area contributed by atoms with Crippen LogP contribution in [0.4, 0.5) is 0 Å². The summed E-state index contributed by atoms with van der Waals surface area (Å²) in [6.07, 6.45) is -0.260. The van der Waals surface area contributed by atoms with E-state index in [-0.39, 0.29) is 6.17 Å². The van der Waals surface area contributed by atoms with E-state index in [2.05, 4.69) is 181 Å². The lowest BCUT2D eigenvalue weighted by molar-refractivity contribution is 0.674. The van der Waals surface area contributed by atoms with Gasteiger partial charge >= 0.3 is 0 Å². The van der Waals surface area contributed by atoms with Crippen molar-refractivity contribution in [2.24, 2.45) is 9.98 Å². The van der Waals surface area contributed by atoms with Crippen molar-refractivity contribution in [2.75, 3.05) is 0 Å². The van der Waals surface area contributed by atoms with Gasteiger partial charge in [0.05, 0.1) is 0 Å². The summed E-state index contributed by atoms with van der Waals surface area (Å²) in [5.74, 6) is 1.55. The number of amidine groups is 2. The number of nitrogens with zero attached hydrogens (tertiary/aromatic N) is 2. The first-order valence-electron chi connectivity index (χ1n) is 18.6. The number of aliphatic imine (C=N–C) groups is 2. The molecule has 0 aliphatic carbocycles. The minimum absolute atomic E-state index is 0.260. The number of hydrogen-bond donors (Lipinski definition) is 1. The number of thiophene rings is 1. The molecular weight excluding hydrogens is 687 g/mol. The van der Waals surface area contributed by atoms with E-state index in [1.165, 1.54) is 64.7 Å². The van der Waals surface area contributed by atoms with Gasteiger partial charge in [0.15, 0.2) is 5.84 Å². The predicted octanol–water partition coefficient (Wildman–Crippen LogP) is 13.2. The molecule has 1 aliphatic rings. The van der Waals surface area contributed by atoms with Gasteiger partial charge in [0, 0.05) is 31.3 Å². The van der Waals surface area contributed by atoms with Crippen LogP contribution in [0.3, 0.4) is 0 Å². The van der Waals surface area contributed by atoms with Gasteiger partial charge in [-0.3, -0.25) is 0 Å². The third-order valence-corrected chi connectivity index (χ3v) is 11.5. The highest BCUT2D eigenvalue weighted by atomic mass is 32.1. The van der Waals surface area contributed by atoms with Crippen molar-refractivity contribution < 1.29 is 0 Å². The second kappa shape index (κ2) is 14.2. The van der Waals surface area contributed by atoms with Crippen molar-refractivity contribution in [3.8, 4) is 44.5 Å². The minimum atomic E-state index is -0.260. The van der Waals surface area contributed by atoms with Crippen LogP contribution < -0.4 is 5.32 Å². The maximum Gasteiger partial charge on any atom is 0.160 e. The van der Waals surface area contributed by atoms with Gasteiger partial charge in [-0.1, -0.05) is 182 Å². The number of benzene rings is 8. The maximum absolute atomic E-state index is 5.24. The Balaban J connectivity index is 1.06. The monoisotopic (exact) mass is 721 g/mol. The molecule has 0 spiro atoms. The molecule has 0 saturated carbocycles. The van der Waals surface area contributed by atoms with Crippen LogP contribution in [0.15, 0.2) is 210 Å². The van der Waals surface area contributed by atoms with Crippen molar-refractivity contribution in [1.29, 1.82) is 0 Å². The van der Waals surface area contributed by atoms with Gasteiger partial charge < -0.3 is 5.32 Å². The molecule has 1 aromatic heterocycles.